The normalized spacial score (nSPS) is 11.5. The highest BCUT2D eigenvalue weighted by molar-refractivity contribution is 7.15. The van der Waals surface area contributed by atoms with E-state index in [-0.39, 0.29) is 0 Å². The minimum atomic E-state index is 0.766. The Bertz CT molecular complexity index is 813. The van der Waals surface area contributed by atoms with Gasteiger partial charge >= 0.3 is 0 Å². The zero-order chi connectivity index (χ0) is 11.2. The summed E-state index contributed by atoms with van der Waals surface area (Å²) >= 11 is 1.62. The van der Waals surface area contributed by atoms with Crippen molar-refractivity contribution in [3.05, 3.63) is 36.0 Å². The van der Waals surface area contributed by atoms with Crippen molar-refractivity contribution in [2.75, 3.05) is 0 Å². The third-order valence-electron chi connectivity index (χ3n) is 2.69. The lowest BCUT2D eigenvalue weighted by Gasteiger charge is -1.98. The SMILES string of the molecule is c1cn2c(-c3ccc4nonc4c3)csc2n1. The molecule has 3 heterocycles. The lowest BCUT2D eigenvalue weighted by Crippen LogP contribution is -1.83. The molecule has 82 valence electrons. The van der Waals surface area contributed by atoms with Crippen LogP contribution in [0.15, 0.2) is 40.6 Å². The summed E-state index contributed by atoms with van der Waals surface area (Å²) in [4.78, 5) is 5.24. The fraction of sp³-hybridized carbons (Fsp3) is 0. The summed E-state index contributed by atoms with van der Waals surface area (Å²) in [5, 5.41) is 9.72. The molecule has 0 aliphatic rings. The zero-order valence-corrected chi connectivity index (χ0v) is 9.39. The van der Waals surface area contributed by atoms with E-state index in [0.717, 1.165) is 27.3 Å². The first-order chi connectivity index (χ1) is 8.42. The van der Waals surface area contributed by atoms with Gasteiger partial charge in [0.05, 0.1) is 5.69 Å². The number of benzene rings is 1. The molecule has 0 fully saturated rings. The molecule has 17 heavy (non-hydrogen) atoms. The van der Waals surface area contributed by atoms with Crippen LogP contribution in [0.25, 0.3) is 27.3 Å². The van der Waals surface area contributed by atoms with Crippen molar-refractivity contribution in [3.63, 3.8) is 0 Å². The highest BCUT2D eigenvalue weighted by Gasteiger charge is 2.08. The van der Waals surface area contributed by atoms with Gasteiger partial charge in [-0.3, -0.25) is 4.40 Å². The van der Waals surface area contributed by atoms with E-state index in [0.29, 0.717) is 0 Å². The first-order valence-corrected chi connectivity index (χ1v) is 5.93. The predicted octanol–water partition coefficient (Wildman–Crippen LogP) is 2.60. The molecular formula is C11H6N4OS. The van der Waals surface area contributed by atoms with Gasteiger partial charge in [-0.05, 0) is 22.4 Å². The van der Waals surface area contributed by atoms with Gasteiger partial charge in [-0.2, -0.15) is 0 Å². The number of fused-ring (bicyclic) bond motifs is 2. The average molecular weight is 242 g/mol. The van der Waals surface area contributed by atoms with E-state index in [4.69, 9.17) is 4.63 Å². The fourth-order valence-corrected chi connectivity index (χ4v) is 2.74. The number of thiazole rings is 1. The Labute approximate surface area is 99.3 Å². The van der Waals surface area contributed by atoms with Crippen LogP contribution in [0.3, 0.4) is 0 Å². The Balaban J connectivity index is 2.01. The minimum Gasteiger partial charge on any atom is -0.290 e. The molecule has 0 radical (unpaired) electrons. The lowest BCUT2D eigenvalue weighted by atomic mass is 10.1. The number of aromatic nitrogens is 4. The van der Waals surface area contributed by atoms with Crippen LogP contribution in [0, 0.1) is 0 Å². The first kappa shape index (κ1) is 8.89. The Morgan fingerprint density at radius 1 is 1.18 bits per heavy atom. The Kier molecular flexibility index (Phi) is 1.64. The van der Waals surface area contributed by atoms with Crippen molar-refractivity contribution >= 4 is 27.3 Å². The number of hydrogen-bond acceptors (Lipinski definition) is 5. The average Bonchev–Trinajstić information content (AvgIpc) is 3.03. The molecule has 0 spiro atoms. The van der Waals surface area contributed by atoms with Gasteiger partial charge in [0.25, 0.3) is 0 Å². The largest absolute Gasteiger partial charge is 0.290 e. The molecule has 0 N–H and O–H groups in total. The number of rotatable bonds is 1. The molecule has 6 heteroatoms. The summed E-state index contributed by atoms with van der Waals surface area (Å²) in [7, 11) is 0. The summed E-state index contributed by atoms with van der Waals surface area (Å²) in [6.45, 7) is 0. The van der Waals surface area contributed by atoms with E-state index in [1.54, 1.807) is 17.5 Å². The molecule has 0 amide bonds. The summed E-state index contributed by atoms with van der Waals surface area (Å²) in [6, 6.07) is 5.88. The maximum Gasteiger partial charge on any atom is 0.194 e. The second kappa shape index (κ2) is 3.14. The molecule has 0 bridgehead atoms. The standard InChI is InChI=1S/C11H6N4OS/c1-2-8-9(14-16-13-8)5-7(1)10-6-17-11-12-3-4-15(10)11/h1-6H. The van der Waals surface area contributed by atoms with E-state index in [1.165, 1.54) is 0 Å². The summed E-state index contributed by atoms with van der Waals surface area (Å²) in [6.07, 6.45) is 3.75. The monoisotopic (exact) mass is 242 g/mol. The number of imidazole rings is 1. The predicted molar refractivity (Wildman–Crippen MR) is 63.9 cm³/mol. The number of hydrogen-bond donors (Lipinski definition) is 0. The highest BCUT2D eigenvalue weighted by atomic mass is 32.1. The number of nitrogens with zero attached hydrogens (tertiary/aromatic N) is 4. The van der Waals surface area contributed by atoms with Crippen LogP contribution in [0.4, 0.5) is 0 Å². The smallest absolute Gasteiger partial charge is 0.194 e. The second-order valence-corrected chi connectivity index (χ2v) is 4.51. The van der Waals surface area contributed by atoms with Crippen molar-refractivity contribution in [1.29, 1.82) is 0 Å². The summed E-state index contributed by atoms with van der Waals surface area (Å²) in [5.41, 5.74) is 3.72. The Hall–Kier alpha value is -2.21. The molecule has 5 nitrogen and oxygen atoms in total. The van der Waals surface area contributed by atoms with Gasteiger partial charge in [0.1, 0.15) is 11.0 Å². The van der Waals surface area contributed by atoms with Crippen molar-refractivity contribution in [3.8, 4) is 11.3 Å². The third kappa shape index (κ3) is 1.21. The van der Waals surface area contributed by atoms with Gasteiger partial charge < -0.3 is 0 Å². The molecule has 4 aromatic rings. The summed E-state index contributed by atoms with van der Waals surface area (Å²) in [5.74, 6) is 0. The van der Waals surface area contributed by atoms with E-state index < -0.39 is 0 Å². The second-order valence-electron chi connectivity index (χ2n) is 3.67. The van der Waals surface area contributed by atoms with E-state index in [2.05, 4.69) is 25.1 Å². The van der Waals surface area contributed by atoms with E-state index >= 15 is 0 Å². The molecule has 0 atom stereocenters. The van der Waals surface area contributed by atoms with Crippen LogP contribution in [0.1, 0.15) is 0 Å². The van der Waals surface area contributed by atoms with Gasteiger partial charge in [0.2, 0.25) is 0 Å². The van der Waals surface area contributed by atoms with Crippen molar-refractivity contribution in [1.82, 2.24) is 19.7 Å². The highest BCUT2D eigenvalue weighted by Crippen LogP contribution is 2.27. The molecule has 0 aliphatic carbocycles. The van der Waals surface area contributed by atoms with Crippen LogP contribution < -0.4 is 0 Å². The fourth-order valence-electron chi connectivity index (χ4n) is 1.87. The maximum absolute atomic E-state index is 4.69. The molecule has 0 saturated heterocycles. The molecule has 0 aliphatic heterocycles. The molecule has 0 saturated carbocycles. The summed E-state index contributed by atoms with van der Waals surface area (Å²) < 4.78 is 6.75. The zero-order valence-electron chi connectivity index (χ0n) is 8.57. The third-order valence-corrected chi connectivity index (χ3v) is 3.55. The molecule has 4 rings (SSSR count). The molecule has 3 aromatic heterocycles. The van der Waals surface area contributed by atoms with Crippen LogP contribution in [0.5, 0.6) is 0 Å². The quantitative estimate of drug-likeness (QED) is 0.515. The van der Waals surface area contributed by atoms with Crippen LogP contribution in [-0.2, 0) is 0 Å². The van der Waals surface area contributed by atoms with Gasteiger partial charge in [-0.15, -0.1) is 11.3 Å². The maximum atomic E-state index is 4.69. The topological polar surface area (TPSA) is 56.2 Å². The molecule has 1 aromatic carbocycles. The van der Waals surface area contributed by atoms with Gasteiger partial charge in [-0.1, -0.05) is 6.07 Å². The van der Waals surface area contributed by atoms with Crippen molar-refractivity contribution < 1.29 is 4.63 Å². The van der Waals surface area contributed by atoms with Gasteiger partial charge in [-0.25, -0.2) is 9.61 Å². The van der Waals surface area contributed by atoms with Crippen molar-refractivity contribution in [2.45, 2.75) is 0 Å². The lowest BCUT2D eigenvalue weighted by molar-refractivity contribution is 0.315. The molecule has 0 unspecified atom stereocenters. The Morgan fingerprint density at radius 3 is 3.12 bits per heavy atom. The molecular weight excluding hydrogens is 236 g/mol. The van der Waals surface area contributed by atoms with Gasteiger partial charge in [0.15, 0.2) is 4.96 Å². The van der Waals surface area contributed by atoms with Crippen LogP contribution in [0.2, 0.25) is 0 Å². The van der Waals surface area contributed by atoms with E-state index in [1.807, 2.05) is 24.4 Å². The minimum absolute atomic E-state index is 0.766. The Morgan fingerprint density at radius 2 is 2.12 bits per heavy atom. The van der Waals surface area contributed by atoms with Crippen molar-refractivity contribution in [2.24, 2.45) is 0 Å². The van der Waals surface area contributed by atoms with Crippen LogP contribution in [-0.4, -0.2) is 19.7 Å². The van der Waals surface area contributed by atoms with Crippen LogP contribution >= 0.6 is 11.3 Å². The van der Waals surface area contributed by atoms with E-state index in [9.17, 15) is 0 Å². The van der Waals surface area contributed by atoms with Gasteiger partial charge in [0, 0.05) is 23.3 Å². The first-order valence-electron chi connectivity index (χ1n) is 5.05.